The number of ether oxygens (including phenoxy) is 1. The third-order valence-electron chi connectivity index (χ3n) is 6.19. The van der Waals surface area contributed by atoms with Crippen molar-refractivity contribution in [3.8, 4) is 22.8 Å². The summed E-state index contributed by atoms with van der Waals surface area (Å²) in [7, 11) is 0. The lowest BCUT2D eigenvalue weighted by molar-refractivity contribution is -0.130. The Morgan fingerprint density at radius 1 is 1.08 bits per heavy atom. The zero-order valence-electron chi connectivity index (χ0n) is 22.5. The summed E-state index contributed by atoms with van der Waals surface area (Å²) in [6, 6.07) is 11.7. The number of carbonyl (C=O) groups excluding carboxylic acids is 2. The molecule has 0 aliphatic carbocycles. The summed E-state index contributed by atoms with van der Waals surface area (Å²) in [6.45, 7) is 9.33. The number of amides is 2. The van der Waals surface area contributed by atoms with Crippen molar-refractivity contribution in [1.82, 2.24) is 20.4 Å². The molecule has 1 aromatic heterocycles. The molecule has 2 aromatic carbocycles. The first kappa shape index (κ1) is 27.0. The second-order valence-corrected chi connectivity index (χ2v) is 10.4. The van der Waals surface area contributed by atoms with E-state index in [2.05, 4.69) is 39.8 Å². The van der Waals surface area contributed by atoms with Crippen molar-refractivity contribution in [2.45, 2.75) is 52.6 Å². The summed E-state index contributed by atoms with van der Waals surface area (Å²) in [5.41, 5.74) is 11.0. The maximum atomic E-state index is 12.7. The molecular formula is C28H36N6O4. The summed E-state index contributed by atoms with van der Waals surface area (Å²) < 4.78 is 10.8. The van der Waals surface area contributed by atoms with Crippen LogP contribution in [0.15, 0.2) is 40.9 Å². The lowest BCUT2D eigenvalue weighted by atomic mass is 10.00. The van der Waals surface area contributed by atoms with Gasteiger partial charge >= 0.3 is 6.09 Å². The first-order valence-corrected chi connectivity index (χ1v) is 13.0. The molecular weight excluding hydrogens is 484 g/mol. The standard InChI is InChI=1S/C28H36N6O4/c1-5-12-30-23-9-8-21(16-22(23)29)26-32-25(33-38-26)20-7-6-18-10-13-34(14-11-19(18)15-20)24(35)17-31-27(36)37-28(2,3)4/h6-9,15-16,30H,5,10-14,17,29H2,1-4H3,(H,31,36). The number of alkyl carbamates (subject to hydrolysis) is 1. The maximum Gasteiger partial charge on any atom is 0.408 e. The molecule has 0 spiro atoms. The molecule has 1 aliphatic rings. The van der Waals surface area contributed by atoms with Gasteiger partial charge in [-0.1, -0.05) is 24.2 Å². The highest BCUT2D eigenvalue weighted by molar-refractivity contribution is 5.82. The molecule has 0 bridgehead atoms. The molecule has 4 rings (SSSR count). The fourth-order valence-electron chi connectivity index (χ4n) is 4.26. The molecule has 0 saturated carbocycles. The van der Waals surface area contributed by atoms with E-state index in [1.807, 2.05) is 24.3 Å². The number of benzene rings is 2. The van der Waals surface area contributed by atoms with Gasteiger partial charge in [0, 0.05) is 30.8 Å². The SMILES string of the molecule is CCCNc1ccc(-c2nc(-c3ccc4c(c3)CCN(C(=O)CNC(=O)OC(C)(C)C)CC4)no2)cc1N. The molecule has 0 saturated heterocycles. The zero-order valence-corrected chi connectivity index (χ0v) is 22.5. The number of nitrogens with zero attached hydrogens (tertiary/aromatic N) is 3. The zero-order chi connectivity index (χ0) is 27.3. The molecule has 202 valence electrons. The summed E-state index contributed by atoms with van der Waals surface area (Å²) in [6.07, 6.45) is 1.83. The van der Waals surface area contributed by atoms with Crippen LogP contribution in [0.4, 0.5) is 16.2 Å². The minimum absolute atomic E-state index is 0.0949. The number of hydrogen-bond acceptors (Lipinski definition) is 8. The fraction of sp³-hybridized carbons (Fsp3) is 0.429. The highest BCUT2D eigenvalue weighted by Gasteiger charge is 2.22. The Bertz CT molecular complexity index is 1300. The van der Waals surface area contributed by atoms with Gasteiger partial charge in [0.25, 0.3) is 5.89 Å². The molecule has 0 radical (unpaired) electrons. The van der Waals surface area contributed by atoms with Crippen LogP contribution >= 0.6 is 0 Å². The molecule has 3 aromatic rings. The van der Waals surface area contributed by atoms with Gasteiger partial charge < -0.3 is 30.5 Å². The molecule has 2 heterocycles. The summed E-state index contributed by atoms with van der Waals surface area (Å²) in [5.74, 6) is 0.758. The highest BCUT2D eigenvalue weighted by Crippen LogP contribution is 2.29. The van der Waals surface area contributed by atoms with Crippen molar-refractivity contribution in [3.63, 3.8) is 0 Å². The number of nitrogens with one attached hydrogen (secondary N) is 2. The Hall–Kier alpha value is -4.08. The Morgan fingerprint density at radius 2 is 1.82 bits per heavy atom. The second-order valence-electron chi connectivity index (χ2n) is 10.4. The minimum Gasteiger partial charge on any atom is -0.444 e. The normalized spacial score (nSPS) is 13.4. The minimum atomic E-state index is -0.613. The van der Waals surface area contributed by atoms with E-state index >= 15 is 0 Å². The molecule has 10 heteroatoms. The van der Waals surface area contributed by atoms with E-state index in [0.29, 0.717) is 36.9 Å². The van der Waals surface area contributed by atoms with E-state index in [0.717, 1.165) is 41.8 Å². The van der Waals surface area contributed by atoms with Crippen molar-refractivity contribution in [2.24, 2.45) is 0 Å². The van der Waals surface area contributed by atoms with E-state index in [9.17, 15) is 9.59 Å². The maximum absolute atomic E-state index is 12.7. The summed E-state index contributed by atoms with van der Waals surface area (Å²) >= 11 is 0. The van der Waals surface area contributed by atoms with Gasteiger partial charge in [0.05, 0.1) is 11.4 Å². The molecule has 2 amide bonds. The fourth-order valence-corrected chi connectivity index (χ4v) is 4.26. The van der Waals surface area contributed by atoms with Gasteiger partial charge in [-0.25, -0.2) is 4.79 Å². The number of anilines is 2. The topological polar surface area (TPSA) is 136 Å². The molecule has 0 unspecified atom stereocenters. The van der Waals surface area contributed by atoms with Crippen LogP contribution < -0.4 is 16.4 Å². The van der Waals surface area contributed by atoms with Gasteiger partial charge in [0.2, 0.25) is 11.7 Å². The van der Waals surface area contributed by atoms with E-state index in [4.69, 9.17) is 15.0 Å². The Balaban J connectivity index is 1.40. The van der Waals surface area contributed by atoms with Gasteiger partial charge in [-0.3, -0.25) is 4.79 Å². The highest BCUT2D eigenvalue weighted by atomic mass is 16.6. The summed E-state index contributed by atoms with van der Waals surface area (Å²) in [4.78, 5) is 31.0. The van der Waals surface area contributed by atoms with Crippen LogP contribution in [0.25, 0.3) is 22.8 Å². The van der Waals surface area contributed by atoms with Crippen molar-refractivity contribution in [2.75, 3.05) is 37.2 Å². The Morgan fingerprint density at radius 3 is 2.53 bits per heavy atom. The first-order chi connectivity index (χ1) is 18.1. The smallest absolute Gasteiger partial charge is 0.408 e. The van der Waals surface area contributed by atoms with Crippen LogP contribution in [0.1, 0.15) is 45.2 Å². The summed E-state index contributed by atoms with van der Waals surface area (Å²) in [5, 5.41) is 10.0. The number of fused-ring (bicyclic) bond motifs is 1. The molecule has 4 N–H and O–H groups in total. The van der Waals surface area contributed by atoms with Crippen LogP contribution in [0, 0.1) is 0 Å². The Labute approximate surface area is 222 Å². The van der Waals surface area contributed by atoms with E-state index < -0.39 is 11.7 Å². The number of nitrogens with two attached hydrogens (primary N) is 1. The van der Waals surface area contributed by atoms with Crippen LogP contribution in [0.2, 0.25) is 0 Å². The van der Waals surface area contributed by atoms with E-state index in [1.54, 1.807) is 25.7 Å². The van der Waals surface area contributed by atoms with Gasteiger partial charge in [-0.15, -0.1) is 0 Å². The second kappa shape index (κ2) is 11.5. The molecule has 0 fully saturated rings. The van der Waals surface area contributed by atoms with Crippen molar-refractivity contribution in [1.29, 1.82) is 0 Å². The number of nitrogen functional groups attached to an aromatic ring is 1. The van der Waals surface area contributed by atoms with Crippen LogP contribution in [-0.4, -0.2) is 58.8 Å². The molecule has 1 aliphatic heterocycles. The van der Waals surface area contributed by atoms with Crippen LogP contribution in [-0.2, 0) is 22.4 Å². The van der Waals surface area contributed by atoms with Gasteiger partial charge in [-0.2, -0.15) is 4.98 Å². The number of hydrogen-bond donors (Lipinski definition) is 3. The third kappa shape index (κ3) is 6.81. The third-order valence-corrected chi connectivity index (χ3v) is 6.19. The molecule has 38 heavy (non-hydrogen) atoms. The monoisotopic (exact) mass is 520 g/mol. The molecule has 10 nitrogen and oxygen atoms in total. The van der Waals surface area contributed by atoms with Crippen molar-refractivity contribution in [3.05, 3.63) is 47.5 Å². The number of aromatic nitrogens is 2. The average Bonchev–Trinajstić information content (AvgIpc) is 3.26. The predicted octanol–water partition coefficient (Wildman–Crippen LogP) is 4.26. The van der Waals surface area contributed by atoms with Gasteiger partial charge in [-0.05, 0) is 75.4 Å². The van der Waals surface area contributed by atoms with Gasteiger partial charge in [0.15, 0.2) is 0 Å². The van der Waals surface area contributed by atoms with Crippen LogP contribution in [0.3, 0.4) is 0 Å². The quantitative estimate of drug-likeness (QED) is 0.393. The first-order valence-electron chi connectivity index (χ1n) is 13.0. The predicted molar refractivity (Wildman–Crippen MR) is 147 cm³/mol. The lowest BCUT2D eigenvalue weighted by Crippen LogP contribution is -2.42. The largest absolute Gasteiger partial charge is 0.444 e. The lowest BCUT2D eigenvalue weighted by Gasteiger charge is -2.22. The average molecular weight is 521 g/mol. The number of rotatable bonds is 7. The number of carbonyl (C=O) groups is 2. The van der Waals surface area contributed by atoms with Crippen molar-refractivity contribution < 1.29 is 18.8 Å². The van der Waals surface area contributed by atoms with E-state index in [1.165, 1.54) is 5.56 Å². The van der Waals surface area contributed by atoms with Crippen molar-refractivity contribution >= 4 is 23.4 Å². The van der Waals surface area contributed by atoms with E-state index in [-0.39, 0.29) is 12.5 Å². The van der Waals surface area contributed by atoms with Crippen LogP contribution in [0.5, 0.6) is 0 Å². The molecule has 0 atom stereocenters. The Kier molecular flexibility index (Phi) is 8.19. The van der Waals surface area contributed by atoms with Gasteiger partial charge in [0.1, 0.15) is 12.1 Å².